The first-order chi connectivity index (χ1) is 7.27. The quantitative estimate of drug-likeness (QED) is 0.750. The molecular formula is C12H19NOS. The van der Waals surface area contributed by atoms with Gasteiger partial charge in [-0.05, 0) is 46.7 Å². The Morgan fingerprint density at radius 3 is 3.20 bits per heavy atom. The van der Waals surface area contributed by atoms with E-state index >= 15 is 0 Å². The Balaban J connectivity index is 1.75. The van der Waals surface area contributed by atoms with E-state index in [0.29, 0.717) is 5.41 Å². The van der Waals surface area contributed by atoms with Crippen molar-refractivity contribution in [1.29, 1.82) is 0 Å². The lowest BCUT2D eigenvalue weighted by molar-refractivity contribution is 0.199. The minimum atomic E-state index is 0.445. The SMILES string of the molecule is COCCNCC1CC1(C)c1ccsc1. The minimum Gasteiger partial charge on any atom is -0.383 e. The summed E-state index contributed by atoms with van der Waals surface area (Å²) in [7, 11) is 1.74. The first-order valence-electron chi connectivity index (χ1n) is 5.49. The van der Waals surface area contributed by atoms with Crippen LogP contribution in [-0.4, -0.2) is 26.8 Å². The van der Waals surface area contributed by atoms with Gasteiger partial charge >= 0.3 is 0 Å². The first kappa shape index (κ1) is 11.1. The molecule has 15 heavy (non-hydrogen) atoms. The number of ether oxygens (including phenoxy) is 1. The summed E-state index contributed by atoms with van der Waals surface area (Å²) in [6.07, 6.45) is 1.32. The molecule has 2 atom stereocenters. The van der Waals surface area contributed by atoms with Crippen molar-refractivity contribution < 1.29 is 4.74 Å². The number of thiophene rings is 1. The van der Waals surface area contributed by atoms with Crippen LogP contribution in [0.15, 0.2) is 16.8 Å². The fourth-order valence-corrected chi connectivity index (χ4v) is 2.94. The maximum Gasteiger partial charge on any atom is 0.0587 e. The zero-order chi connectivity index (χ0) is 10.7. The molecule has 0 radical (unpaired) electrons. The van der Waals surface area contributed by atoms with Crippen LogP contribution in [0.5, 0.6) is 0 Å². The molecule has 0 aliphatic heterocycles. The van der Waals surface area contributed by atoms with Gasteiger partial charge in [0.2, 0.25) is 0 Å². The molecule has 0 amide bonds. The third kappa shape index (κ3) is 2.41. The van der Waals surface area contributed by atoms with Crippen molar-refractivity contribution in [2.75, 3.05) is 26.8 Å². The number of hydrogen-bond donors (Lipinski definition) is 1. The van der Waals surface area contributed by atoms with E-state index in [-0.39, 0.29) is 0 Å². The van der Waals surface area contributed by atoms with Gasteiger partial charge in [-0.3, -0.25) is 0 Å². The Morgan fingerprint density at radius 2 is 2.53 bits per heavy atom. The van der Waals surface area contributed by atoms with Crippen molar-refractivity contribution in [3.63, 3.8) is 0 Å². The van der Waals surface area contributed by atoms with Crippen LogP contribution < -0.4 is 5.32 Å². The average Bonchev–Trinajstić information content (AvgIpc) is 2.72. The number of rotatable bonds is 6. The highest BCUT2D eigenvalue weighted by Gasteiger charge is 2.50. The molecule has 1 fully saturated rings. The molecule has 1 aliphatic rings. The van der Waals surface area contributed by atoms with E-state index in [1.807, 2.05) is 0 Å². The number of methoxy groups -OCH3 is 1. The third-order valence-electron chi connectivity index (χ3n) is 3.47. The number of nitrogens with one attached hydrogen (secondary N) is 1. The lowest BCUT2D eigenvalue weighted by Crippen LogP contribution is -2.23. The van der Waals surface area contributed by atoms with Crippen molar-refractivity contribution in [2.45, 2.75) is 18.8 Å². The maximum atomic E-state index is 5.01. The fourth-order valence-electron chi connectivity index (χ4n) is 2.14. The van der Waals surface area contributed by atoms with E-state index in [1.165, 1.54) is 12.0 Å². The predicted octanol–water partition coefficient (Wildman–Crippen LogP) is 2.26. The molecule has 2 nitrogen and oxygen atoms in total. The van der Waals surface area contributed by atoms with E-state index in [0.717, 1.165) is 25.6 Å². The summed E-state index contributed by atoms with van der Waals surface area (Å²) < 4.78 is 5.01. The Morgan fingerprint density at radius 1 is 1.67 bits per heavy atom. The van der Waals surface area contributed by atoms with Gasteiger partial charge in [-0.15, -0.1) is 0 Å². The highest BCUT2D eigenvalue weighted by atomic mass is 32.1. The van der Waals surface area contributed by atoms with Gasteiger partial charge < -0.3 is 10.1 Å². The third-order valence-corrected chi connectivity index (χ3v) is 4.15. The second-order valence-electron chi connectivity index (χ2n) is 4.53. The van der Waals surface area contributed by atoms with E-state index in [2.05, 4.69) is 29.1 Å². The van der Waals surface area contributed by atoms with Crippen molar-refractivity contribution in [3.8, 4) is 0 Å². The van der Waals surface area contributed by atoms with Crippen molar-refractivity contribution in [2.24, 2.45) is 5.92 Å². The van der Waals surface area contributed by atoms with Crippen LogP contribution in [0.1, 0.15) is 18.9 Å². The summed E-state index contributed by atoms with van der Waals surface area (Å²) >= 11 is 1.80. The molecule has 0 aromatic carbocycles. The van der Waals surface area contributed by atoms with Crippen LogP contribution in [-0.2, 0) is 10.2 Å². The van der Waals surface area contributed by atoms with Gasteiger partial charge in [-0.25, -0.2) is 0 Å². The van der Waals surface area contributed by atoms with Gasteiger partial charge in [0.05, 0.1) is 6.61 Å². The maximum absolute atomic E-state index is 5.01. The molecular weight excluding hydrogens is 206 g/mol. The molecule has 1 N–H and O–H groups in total. The summed E-state index contributed by atoms with van der Waals surface area (Å²) in [5, 5.41) is 7.91. The predicted molar refractivity (Wildman–Crippen MR) is 64.5 cm³/mol. The Hall–Kier alpha value is -0.380. The standard InChI is InChI=1S/C12H19NOS/c1-12(10-3-6-15-9-10)7-11(12)8-13-4-5-14-2/h3,6,9,11,13H,4-5,7-8H2,1-2H3. The summed E-state index contributed by atoms with van der Waals surface area (Å²) in [4.78, 5) is 0. The molecule has 0 saturated heterocycles. The van der Waals surface area contributed by atoms with Crippen molar-refractivity contribution >= 4 is 11.3 Å². The molecule has 2 rings (SSSR count). The van der Waals surface area contributed by atoms with Crippen LogP contribution in [0.25, 0.3) is 0 Å². The van der Waals surface area contributed by atoms with E-state index in [9.17, 15) is 0 Å². The van der Waals surface area contributed by atoms with Crippen LogP contribution in [0.3, 0.4) is 0 Å². The van der Waals surface area contributed by atoms with Crippen molar-refractivity contribution in [1.82, 2.24) is 5.32 Å². The molecule has 1 heterocycles. The molecule has 0 bridgehead atoms. The van der Waals surface area contributed by atoms with Gasteiger partial charge in [0.1, 0.15) is 0 Å². The largest absolute Gasteiger partial charge is 0.383 e. The molecule has 0 spiro atoms. The van der Waals surface area contributed by atoms with Crippen molar-refractivity contribution in [3.05, 3.63) is 22.4 Å². The topological polar surface area (TPSA) is 21.3 Å². The molecule has 2 unspecified atom stereocenters. The smallest absolute Gasteiger partial charge is 0.0587 e. The van der Waals surface area contributed by atoms with Crippen LogP contribution in [0, 0.1) is 5.92 Å². The fraction of sp³-hybridized carbons (Fsp3) is 0.667. The Bertz CT molecular complexity index is 299. The van der Waals surface area contributed by atoms with Gasteiger partial charge in [0, 0.05) is 13.7 Å². The second kappa shape index (κ2) is 4.64. The summed E-state index contributed by atoms with van der Waals surface area (Å²) in [5.74, 6) is 0.809. The van der Waals surface area contributed by atoms with Crippen LogP contribution in [0.2, 0.25) is 0 Å². The summed E-state index contributed by atoms with van der Waals surface area (Å²) in [6, 6.07) is 2.26. The number of hydrogen-bond acceptors (Lipinski definition) is 3. The highest BCUT2D eigenvalue weighted by Crippen LogP contribution is 2.53. The summed E-state index contributed by atoms with van der Waals surface area (Å²) in [5.41, 5.74) is 1.96. The minimum absolute atomic E-state index is 0.445. The van der Waals surface area contributed by atoms with Gasteiger partial charge in [0.25, 0.3) is 0 Å². The molecule has 1 aromatic heterocycles. The van der Waals surface area contributed by atoms with E-state index in [1.54, 1.807) is 18.4 Å². The van der Waals surface area contributed by atoms with Crippen LogP contribution in [0.4, 0.5) is 0 Å². The lowest BCUT2D eigenvalue weighted by Gasteiger charge is -2.09. The van der Waals surface area contributed by atoms with Gasteiger partial charge in [0.15, 0.2) is 0 Å². The van der Waals surface area contributed by atoms with Crippen LogP contribution >= 0.6 is 11.3 Å². The molecule has 84 valence electrons. The van der Waals surface area contributed by atoms with E-state index < -0.39 is 0 Å². The molecule has 3 heteroatoms. The highest BCUT2D eigenvalue weighted by molar-refractivity contribution is 7.08. The Labute approximate surface area is 95.6 Å². The summed E-state index contributed by atoms with van der Waals surface area (Å²) in [6.45, 7) is 5.27. The molecule has 1 aromatic rings. The normalized spacial score (nSPS) is 29.3. The molecule has 1 saturated carbocycles. The first-order valence-corrected chi connectivity index (χ1v) is 6.44. The monoisotopic (exact) mass is 225 g/mol. The zero-order valence-electron chi connectivity index (χ0n) is 9.45. The zero-order valence-corrected chi connectivity index (χ0v) is 10.3. The average molecular weight is 225 g/mol. The van der Waals surface area contributed by atoms with E-state index in [4.69, 9.17) is 4.74 Å². The molecule has 1 aliphatic carbocycles. The van der Waals surface area contributed by atoms with Gasteiger partial charge in [-0.1, -0.05) is 6.92 Å². The second-order valence-corrected chi connectivity index (χ2v) is 5.31. The lowest BCUT2D eigenvalue weighted by atomic mass is 9.99. The van der Waals surface area contributed by atoms with Gasteiger partial charge in [-0.2, -0.15) is 11.3 Å². The Kier molecular flexibility index (Phi) is 3.44.